The SMILES string of the molecule is COc1cc(C#N)ccc1NC(=O)c1ccc(F)c(S)c1. The maximum atomic E-state index is 13.1. The number of rotatable bonds is 3. The van der Waals surface area contributed by atoms with Crippen LogP contribution in [0.25, 0.3) is 0 Å². The van der Waals surface area contributed by atoms with E-state index in [0.29, 0.717) is 17.0 Å². The van der Waals surface area contributed by atoms with Gasteiger partial charge in [0, 0.05) is 16.5 Å². The normalized spacial score (nSPS) is 9.81. The Morgan fingerprint density at radius 3 is 2.71 bits per heavy atom. The van der Waals surface area contributed by atoms with Crippen LogP contribution in [-0.4, -0.2) is 13.0 Å². The van der Waals surface area contributed by atoms with Crippen molar-refractivity contribution in [3.63, 3.8) is 0 Å². The second-order valence-electron chi connectivity index (χ2n) is 4.15. The first kappa shape index (κ1) is 14.9. The number of amides is 1. The van der Waals surface area contributed by atoms with Crippen molar-refractivity contribution < 1.29 is 13.9 Å². The molecule has 2 aromatic carbocycles. The van der Waals surface area contributed by atoms with Crippen molar-refractivity contribution >= 4 is 24.2 Å². The Hall–Kier alpha value is -2.52. The molecule has 21 heavy (non-hydrogen) atoms. The highest BCUT2D eigenvalue weighted by molar-refractivity contribution is 7.80. The van der Waals surface area contributed by atoms with Crippen LogP contribution in [0.5, 0.6) is 5.75 Å². The van der Waals surface area contributed by atoms with E-state index >= 15 is 0 Å². The second kappa shape index (κ2) is 6.29. The van der Waals surface area contributed by atoms with Crippen molar-refractivity contribution in [1.29, 1.82) is 5.26 Å². The summed E-state index contributed by atoms with van der Waals surface area (Å²) in [6, 6.07) is 10.5. The first-order valence-electron chi connectivity index (χ1n) is 5.93. The molecule has 0 saturated heterocycles. The summed E-state index contributed by atoms with van der Waals surface area (Å²) >= 11 is 3.94. The van der Waals surface area contributed by atoms with Crippen molar-refractivity contribution in [3.8, 4) is 11.8 Å². The fraction of sp³-hybridized carbons (Fsp3) is 0.0667. The lowest BCUT2D eigenvalue weighted by molar-refractivity contribution is 0.102. The largest absolute Gasteiger partial charge is 0.495 e. The zero-order valence-corrected chi connectivity index (χ0v) is 11.9. The van der Waals surface area contributed by atoms with E-state index in [2.05, 4.69) is 17.9 Å². The Labute approximate surface area is 126 Å². The molecular formula is C15H11FN2O2S. The molecule has 0 aliphatic heterocycles. The lowest BCUT2D eigenvalue weighted by Crippen LogP contribution is -2.13. The molecule has 4 nitrogen and oxygen atoms in total. The molecule has 0 bridgehead atoms. The number of nitriles is 1. The van der Waals surface area contributed by atoms with Gasteiger partial charge in [0.15, 0.2) is 0 Å². The molecule has 0 spiro atoms. The smallest absolute Gasteiger partial charge is 0.255 e. The van der Waals surface area contributed by atoms with E-state index in [1.54, 1.807) is 12.1 Å². The predicted molar refractivity (Wildman–Crippen MR) is 79.3 cm³/mol. The highest BCUT2D eigenvalue weighted by Gasteiger charge is 2.12. The maximum absolute atomic E-state index is 13.1. The van der Waals surface area contributed by atoms with Crippen LogP contribution in [0.1, 0.15) is 15.9 Å². The molecule has 0 aliphatic carbocycles. The van der Waals surface area contributed by atoms with Gasteiger partial charge in [0.25, 0.3) is 5.91 Å². The number of hydrogen-bond donors (Lipinski definition) is 2. The van der Waals surface area contributed by atoms with Gasteiger partial charge in [-0.25, -0.2) is 4.39 Å². The van der Waals surface area contributed by atoms with Crippen LogP contribution in [0.4, 0.5) is 10.1 Å². The fourth-order valence-electron chi connectivity index (χ4n) is 1.71. The Bertz CT molecular complexity index is 741. The quantitative estimate of drug-likeness (QED) is 0.856. The average molecular weight is 302 g/mol. The van der Waals surface area contributed by atoms with Crippen LogP contribution in [0.3, 0.4) is 0 Å². The number of anilines is 1. The van der Waals surface area contributed by atoms with Crippen LogP contribution in [0.2, 0.25) is 0 Å². The Morgan fingerprint density at radius 1 is 1.33 bits per heavy atom. The predicted octanol–water partition coefficient (Wildman–Crippen LogP) is 3.25. The minimum atomic E-state index is -0.495. The number of hydrogen-bond acceptors (Lipinski definition) is 4. The summed E-state index contributed by atoms with van der Waals surface area (Å²) < 4.78 is 18.3. The van der Waals surface area contributed by atoms with Crippen molar-refractivity contribution in [3.05, 3.63) is 53.3 Å². The van der Waals surface area contributed by atoms with Gasteiger partial charge in [0.05, 0.1) is 24.4 Å². The van der Waals surface area contributed by atoms with Crippen LogP contribution in [0, 0.1) is 17.1 Å². The van der Waals surface area contributed by atoms with Gasteiger partial charge in [-0.2, -0.15) is 5.26 Å². The number of thiol groups is 1. The molecule has 0 aromatic heterocycles. The van der Waals surface area contributed by atoms with Gasteiger partial charge in [-0.15, -0.1) is 12.6 Å². The number of ether oxygens (including phenoxy) is 1. The van der Waals surface area contributed by atoms with E-state index in [1.165, 1.54) is 31.4 Å². The zero-order chi connectivity index (χ0) is 15.4. The minimum Gasteiger partial charge on any atom is -0.495 e. The minimum absolute atomic E-state index is 0.0921. The molecule has 0 saturated carbocycles. The molecule has 2 rings (SSSR count). The Kier molecular flexibility index (Phi) is 4.45. The Balaban J connectivity index is 2.27. The fourth-order valence-corrected chi connectivity index (χ4v) is 1.93. The van der Waals surface area contributed by atoms with E-state index in [9.17, 15) is 9.18 Å². The van der Waals surface area contributed by atoms with E-state index in [-0.39, 0.29) is 10.5 Å². The van der Waals surface area contributed by atoms with E-state index in [4.69, 9.17) is 10.00 Å². The number of methoxy groups -OCH3 is 1. The summed E-state index contributed by atoms with van der Waals surface area (Å²) in [6.07, 6.45) is 0. The highest BCUT2D eigenvalue weighted by Crippen LogP contribution is 2.26. The molecule has 1 amide bonds. The van der Waals surface area contributed by atoms with Gasteiger partial charge in [-0.3, -0.25) is 4.79 Å². The summed E-state index contributed by atoms with van der Waals surface area (Å²) in [4.78, 5) is 12.2. The van der Waals surface area contributed by atoms with Crippen LogP contribution in [-0.2, 0) is 0 Å². The first-order valence-corrected chi connectivity index (χ1v) is 6.38. The van der Waals surface area contributed by atoms with Gasteiger partial charge in [-0.05, 0) is 30.3 Å². The monoisotopic (exact) mass is 302 g/mol. The highest BCUT2D eigenvalue weighted by atomic mass is 32.1. The molecule has 106 valence electrons. The third-order valence-corrected chi connectivity index (χ3v) is 3.13. The first-order chi connectivity index (χ1) is 10.0. The van der Waals surface area contributed by atoms with E-state index < -0.39 is 11.7 Å². The van der Waals surface area contributed by atoms with Gasteiger partial charge >= 0.3 is 0 Å². The standard InChI is InChI=1S/C15H11FN2O2S/c1-20-13-6-9(8-17)2-5-12(13)18-15(19)10-3-4-11(16)14(21)7-10/h2-7,21H,1H3,(H,18,19). The number of benzene rings is 2. The Morgan fingerprint density at radius 2 is 2.10 bits per heavy atom. The summed E-state index contributed by atoms with van der Waals surface area (Å²) in [6.45, 7) is 0. The van der Waals surface area contributed by atoms with Gasteiger partial charge < -0.3 is 10.1 Å². The summed E-state index contributed by atoms with van der Waals surface area (Å²) in [5.41, 5.74) is 1.11. The number of carbonyl (C=O) groups excluding carboxylic acids is 1. The van der Waals surface area contributed by atoms with Gasteiger partial charge in [-0.1, -0.05) is 0 Å². The van der Waals surface area contributed by atoms with Crippen LogP contribution < -0.4 is 10.1 Å². The number of nitrogens with zero attached hydrogens (tertiary/aromatic N) is 1. The maximum Gasteiger partial charge on any atom is 0.255 e. The number of nitrogens with one attached hydrogen (secondary N) is 1. The molecule has 0 aliphatic rings. The number of halogens is 1. The van der Waals surface area contributed by atoms with E-state index in [1.807, 2.05) is 6.07 Å². The van der Waals surface area contributed by atoms with E-state index in [0.717, 1.165) is 0 Å². The lowest BCUT2D eigenvalue weighted by Gasteiger charge is -2.10. The van der Waals surface area contributed by atoms with Crippen molar-refractivity contribution in [1.82, 2.24) is 0 Å². The third-order valence-electron chi connectivity index (χ3n) is 2.79. The van der Waals surface area contributed by atoms with Crippen molar-refractivity contribution in [2.75, 3.05) is 12.4 Å². The molecule has 2 aromatic rings. The topological polar surface area (TPSA) is 62.1 Å². The van der Waals surface area contributed by atoms with Crippen molar-refractivity contribution in [2.45, 2.75) is 4.90 Å². The third kappa shape index (κ3) is 3.33. The molecule has 0 radical (unpaired) electrons. The number of carbonyl (C=O) groups is 1. The molecule has 0 atom stereocenters. The second-order valence-corrected chi connectivity index (χ2v) is 4.63. The van der Waals surface area contributed by atoms with Crippen LogP contribution in [0.15, 0.2) is 41.3 Å². The van der Waals surface area contributed by atoms with Gasteiger partial charge in [0.2, 0.25) is 0 Å². The summed E-state index contributed by atoms with van der Waals surface area (Å²) in [7, 11) is 1.44. The zero-order valence-electron chi connectivity index (χ0n) is 11.1. The van der Waals surface area contributed by atoms with Crippen LogP contribution >= 0.6 is 12.6 Å². The van der Waals surface area contributed by atoms with Crippen molar-refractivity contribution in [2.24, 2.45) is 0 Å². The molecule has 0 unspecified atom stereocenters. The molecular weight excluding hydrogens is 291 g/mol. The molecule has 0 heterocycles. The molecule has 1 N–H and O–H groups in total. The summed E-state index contributed by atoms with van der Waals surface area (Å²) in [5, 5.41) is 11.5. The molecule has 6 heteroatoms. The van der Waals surface area contributed by atoms with Gasteiger partial charge in [0.1, 0.15) is 11.6 Å². The summed E-state index contributed by atoms with van der Waals surface area (Å²) in [5.74, 6) is -0.547. The lowest BCUT2D eigenvalue weighted by atomic mass is 10.1. The average Bonchev–Trinajstić information content (AvgIpc) is 2.50. The molecule has 0 fully saturated rings.